The highest BCUT2D eigenvalue weighted by Crippen LogP contribution is 2.35. The smallest absolute Gasteiger partial charge is 0.0245 e. The van der Waals surface area contributed by atoms with Crippen molar-refractivity contribution >= 4 is 0 Å². The standard InChI is InChI=1S/C21H26/c1-2-3-4-5-9-15-20-17-11-18-21(20)16-10-14-19-12-7-6-8-13-19/h6-8,12-13,20-21H,2-4,11,15-18H2,1H3/t20-,21-/m0/s1. The molecule has 0 heteroatoms. The van der Waals surface area contributed by atoms with Crippen LogP contribution in [0.4, 0.5) is 0 Å². The van der Waals surface area contributed by atoms with Crippen molar-refractivity contribution in [2.24, 2.45) is 11.8 Å². The first-order valence-corrected chi connectivity index (χ1v) is 8.39. The lowest BCUT2D eigenvalue weighted by molar-refractivity contribution is 0.404. The predicted octanol–water partition coefficient (Wildman–Crippen LogP) is 5.43. The molecule has 1 fully saturated rings. The molecule has 2 atom stereocenters. The third-order valence-electron chi connectivity index (χ3n) is 4.33. The molecule has 0 aliphatic heterocycles. The van der Waals surface area contributed by atoms with Crippen molar-refractivity contribution in [2.45, 2.75) is 58.3 Å². The van der Waals surface area contributed by atoms with Gasteiger partial charge < -0.3 is 0 Å². The summed E-state index contributed by atoms with van der Waals surface area (Å²) >= 11 is 0. The molecular formula is C21H26. The number of hydrogen-bond donors (Lipinski definition) is 0. The van der Waals surface area contributed by atoms with Crippen LogP contribution in [0.2, 0.25) is 0 Å². The topological polar surface area (TPSA) is 0 Å². The van der Waals surface area contributed by atoms with E-state index in [2.05, 4.69) is 42.7 Å². The molecule has 2 rings (SSSR count). The molecule has 0 radical (unpaired) electrons. The van der Waals surface area contributed by atoms with Crippen LogP contribution in [0.25, 0.3) is 0 Å². The average Bonchev–Trinajstić information content (AvgIpc) is 2.96. The van der Waals surface area contributed by atoms with Crippen LogP contribution in [0.15, 0.2) is 30.3 Å². The summed E-state index contributed by atoms with van der Waals surface area (Å²) in [6, 6.07) is 10.3. The Hall–Kier alpha value is -1.66. The summed E-state index contributed by atoms with van der Waals surface area (Å²) in [5.74, 6) is 15.0. The molecule has 0 bridgehead atoms. The van der Waals surface area contributed by atoms with Crippen molar-refractivity contribution in [2.75, 3.05) is 0 Å². The monoisotopic (exact) mass is 278 g/mol. The number of hydrogen-bond acceptors (Lipinski definition) is 0. The molecule has 1 aromatic carbocycles. The highest BCUT2D eigenvalue weighted by molar-refractivity contribution is 5.33. The second-order valence-corrected chi connectivity index (χ2v) is 5.98. The molecule has 0 N–H and O–H groups in total. The minimum absolute atomic E-state index is 0.765. The molecule has 110 valence electrons. The van der Waals surface area contributed by atoms with Crippen molar-refractivity contribution in [1.29, 1.82) is 0 Å². The van der Waals surface area contributed by atoms with E-state index in [0.29, 0.717) is 0 Å². The molecule has 0 aromatic heterocycles. The quantitative estimate of drug-likeness (QED) is 0.509. The van der Waals surface area contributed by atoms with Gasteiger partial charge in [-0.05, 0) is 43.2 Å². The Morgan fingerprint density at radius 1 is 0.952 bits per heavy atom. The van der Waals surface area contributed by atoms with Crippen molar-refractivity contribution < 1.29 is 0 Å². The third kappa shape index (κ3) is 5.69. The maximum absolute atomic E-state index is 3.40. The van der Waals surface area contributed by atoms with Crippen LogP contribution in [0.3, 0.4) is 0 Å². The van der Waals surface area contributed by atoms with E-state index in [1.807, 2.05) is 18.2 Å². The van der Waals surface area contributed by atoms with E-state index < -0.39 is 0 Å². The second-order valence-electron chi connectivity index (χ2n) is 5.98. The van der Waals surface area contributed by atoms with Crippen LogP contribution < -0.4 is 0 Å². The summed E-state index contributed by atoms with van der Waals surface area (Å²) in [6.45, 7) is 2.22. The average molecular weight is 278 g/mol. The maximum Gasteiger partial charge on any atom is 0.0245 e. The van der Waals surface area contributed by atoms with Crippen LogP contribution in [-0.4, -0.2) is 0 Å². The molecular weight excluding hydrogens is 252 g/mol. The van der Waals surface area contributed by atoms with E-state index in [9.17, 15) is 0 Å². The van der Waals surface area contributed by atoms with E-state index in [4.69, 9.17) is 0 Å². The van der Waals surface area contributed by atoms with Crippen LogP contribution in [-0.2, 0) is 0 Å². The van der Waals surface area contributed by atoms with E-state index in [1.54, 1.807) is 0 Å². The maximum atomic E-state index is 3.40. The van der Waals surface area contributed by atoms with Gasteiger partial charge in [-0.1, -0.05) is 49.8 Å². The second kappa shape index (κ2) is 9.31. The fourth-order valence-electron chi connectivity index (χ4n) is 3.01. The first-order valence-electron chi connectivity index (χ1n) is 8.39. The van der Waals surface area contributed by atoms with Crippen molar-refractivity contribution in [3.05, 3.63) is 35.9 Å². The van der Waals surface area contributed by atoms with Crippen molar-refractivity contribution in [3.63, 3.8) is 0 Å². The number of benzene rings is 1. The fourth-order valence-corrected chi connectivity index (χ4v) is 3.01. The Morgan fingerprint density at radius 2 is 1.67 bits per heavy atom. The van der Waals surface area contributed by atoms with Gasteiger partial charge in [-0.3, -0.25) is 0 Å². The molecule has 0 spiro atoms. The van der Waals surface area contributed by atoms with Crippen LogP contribution >= 0.6 is 0 Å². The summed E-state index contributed by atoms with van der Waals surface area (Å²) in [7, 11) is 0. The lowest BCUT2D eigenvalue weighted by Crippen LogP contribution is -2.06. The summed E-state index contributed by atoms with van der Waals surface area (Å²) in [4.78, 5) is 0. The van der Waals surface area contributed by atoms with Gasteiger partial charge in [0.1, 0.15) is 0 Å². The molecule has 0 saturated heterocycles. The SMILES string of the molecule is CCCCC#CC[C@H]1CCC[C@@H]1CC#Cc1ccccc1. The molecule has 1 aliphatic carbocycles. The van der Waals surface area contributed by atoms with Gasteiger partial charge in [0.2, 0.25) is 0 Å². The van der Waals surface area contributed by atoms with Gasteiger partial charge in [0, 0.05) is 24.8 Å². The zero-order valence-corrected chi connectivity index (χ0v) is 13.2. The normalized spacial score (nSPS) is 20.2. The van der Waals surface area contributed by atoms with Gasteiger partial charge in [-0.15, -0.1) is 11.8 Å². The summed E-state index contributed by atoms with van der Waals surface area (Å²) in [5.41, 5.74) is 1.13. The highest BCUT2D eigenvalue weighted by atomic mass is 14.3. The number of rotatable bonds is 4. The first kappa shape index (κ1) is 15.7. The third-order valence-corrected chi connectivity index (χ3v) is 4.33. The Morgan fingerprint density at radius 3 is 2.38 bits per heavy atom. The largest absolute Gasteiger partial charge is 0.103 e. The molecule has 1 aromatic rings. The molecule has 0 unspecified atom stereocenters. The van der Waals surface area contributed by atoms with Gasteiger partial charge in [-0.25, -0.2) is 0 Å². The van der Waals surface area contributed by atoms with Crippen molar-refractivity contribution in [3.8, 4) is 23.7 Å². The summed E-state index contributed by atoms with van der Waals surface area (Å²) in [6.07, 6.45) is 9.72. The van der Waals surface area contributed by atoms with Gasteiger partial charge in [0.15, 0.2) is 0 Å². The molecule has 0 nitrogen and oxygen atoms in total. The zero-order valence-electron chi connectivity index (χ0n) is 13.2. The molecule has 1 aliphatic rings. The van der Waals surface area contributed by atoms with Crippen LogP contribution in [0, 0.1) is 35.5 Å². The van der Waals surface area contributed by atoms with E-state index >= 15 is 0 Å². The van der Waals surface area contributed by atoms with Gasteiger partial charge in [-0.2, -0.15) is 0 Å². The zero-order chi connectivity index (χ0) is 14.8. The molecule has 0 heterocycles. The number of unbranched alkanes of at least 4 members (excludes halogenated alkanes) is 2. The Balaban J connectivity index is 1.79. The van der Waals surface area contributed by atoms with Crippen molar-refractivity contribution in [1.82, 2.24) is 0 Å². The van der Waals surface area contributed by atoms with Gasteiger partial charge in [0.25, 0.3) is 0 Å². The first-order chi connectivity index (χ1) is 10.4. The molecule has 0 amide bonds. The Labute approximate surface area is 130 Å². The minimum Gasteiger partial charge on any atom is -0.103 e. The van der Waals surface area contributed by atoms with Gasteiger partial charge >= 0.3 is 0 Å². The summed E-state index contributed by atoms with van der Waals surface area (Å²) < 4.78 is 0. The molecule has 21 heavy (non-hydrogen) atoms. The Kier molecular flexibility index (Phi) is 6.97. The molecule has 1 saturated carbocycles. The van der Waals surface area contributed by atoms with E-state index in [1.165, 1.54) is 32.1 Å². The predicted molar refractivity (Wildman–Crippen MR) is 90.7 cm³/mol. The minimum atomic E-state index is 0.765. The summed E-state index contributed by atoms with van der Waals surface area (Å²) in [5, 5.41) is 0. The van der Waals surface area contributed by atoms with Gasteiger partial charge in [0.05, 0.1) is 0 Å². The lowest BCUT2D eigenvalue weighted by Gasteiger charge is -2.13. The van der Waals surface area contributed by atoms with Crippen LogP contribution in [0.5, 0.6) is 0 Å². The lowest BCUT2D eigenvalue weighted by atomic mass is 9.90. The fraction of sp³-hybridized carbons (Fsp3) is 0.524. The van der Waals surface area contributed by atoms with E-state index in [0.717, 1.165) is 36.7 Å². The Bertz CT molecular complexity index is 518. The van der Waals surface area contributed by atoms with E-state index in [-0.39, 0.29) is 0 Å². The highest BCUT2D eigenvalue weighted by Gasteiger charge is 2.25. The van der Waals surface area contributed by atoms with Crippen LogP contribution in [0.1, 0.15) is 63.9 Å².